The van der Waals surface area contributed by atoms with E-state index in [1.54, 1.807) is 0 Å². The van der Waals surface area contributed by atoms with Gasteiger partial charge in [0.05, 0.1) is 0 Å². The molecule has 2 unspecified atom stereocenters. The molecule has 0 bridgehead atoms. The molecule has 0 radical (unpaired) electrons. The van der Waals surface area contributed by atoms with Gasteiger partial charge in [0.2, 0.25) is 0 Å². The number of nitrogens with zero attached hydrogens (tertiary/aromatic N) is 2. The van der Waals surface area contributed by atoms with Crippen LogP contribution in [0.2, 0.25) is 0 Å². The van der Waals surface area contributed by atoms with Crippen LogP contribution in [0.5, 0.6) is 0 Å². The predicted molar refractivity (Wildman–Crippen MR) is 80.7 cm³/mol. The van der Waals surface area contributed by atoms with Crippen molar-refractivity contribution in [2.75, 3.05) is 11.9 Å². The van der Waals surface area contributed by atoms with Crippen LogP contribution in [0.4, 0.5) is 5.82 Å². The first-order valence-electron chi connectivity index (χ1n) is 7.74. The van der Waals surface area contributed by atoms with Gasteiger partial charge in [0.25, 0.3) is 0 Å². The molecule has 3 nitrogen and oxygen atoms in total. The van der Waals surface area contributed by atoms with Crippen LogP contribution >= 0.6 is 0 Å². The van der Waals surface area contributed by atoms with Gasteiger partial charge in [-0.15, -0.1) is 0 Å². The van der Waals surface area contributed by atoms with E-state index >= 15 is 0 Å². The fourth-order valence-electron chi connectivity index (χ4n) is 2.93. The summed E-state index contributed by atoms with van der Waals surface area (Å²) >= 11 is 0. The summed E-state index contributed by atoms with van der Waals surface area (Å²) in [4.78, 5) is 9.54. The van der Waals surface area contributed by atoms with E-state index in [4.69, 9.17) is 9.97 Å². The Labute approximate surface area is 117 Å². The first-order valence-corrected chi connectivity index (χ1v) is 7.74. The smallest absolute Gasteiger partial charge is 0.134 e. The number of anilines is 1. The SMILES string of the molecule is CCCNc1nc(C2CCC(CC)C2)nc(C)c1C. The van der Waals surface area contributed by atoms with E-state index in [2.05, 4.69) is 33.0 Å². The standard InChI is InChI=1S/C16H27N3/c1-5-9-17-15-11(3)12(4)18-16(19-15)14-8-7-13(6-2)10-14/h13-14H,5-10H2,1-4H3,(H,17,18,19). The molecule has 0 amide bonds. The fourth-order valence-corrected chi connectivity index (χ4v) is 2.93. The third kappa shape index (κ3) is 3.26. The van der Waals surface area contributed by atoms with E-state index in [0.717, 1.165) is 36.2 Å². The van der Waals surface area contributed by atoms with E-state index in [-0.39, 0.29) is 0 Å². The normalized spacial score (nSPS) is 22.7. The molecule has 19 heavy (non-hydrogen) atoms. The zero-order valence-corrected chi connectivity index (χ0v) is 12.8. The number of aromatic nitrogens is 2. The molecule has 3 heteroatoms. The zero-order valence-electron chi connectivity index (χ0n) is 12.8. The summed E-state index contributed by atoms with van der Waals surface area (Å²) in [5.74, 6) is 3.57. The molecule has 0 saturated heterocycles. The highest BCUT2D eigenvalue weighted by Crippen LogP contribution is 2.38. The summed E-state index contributed by atoms with van der Waals surface area (Å²) in [7, 11) is 0. The van der Waals surface area contributed by atoms with Crippen molar-refractivity contribution in [3.63, 3.8) is 0 Å². The van der Waals surface area contributed by atoms with Gasteiger partial charge in [0.15, 0.2) is 0 Å². The lowest BCUT2D eigenvalue weighted by molar-refractivity contribution is 0.516. The molecule has 0 aliphatic heterocycles. The topological polar surface area (TPSA) is 37.8 Å². The minimum Gasteiger partial charge on any atom is -0.370 e. The molecule has 1 heterocycles. The Balaban J connectivity index is 2.19. The summed E-state index contributed by atoms with van der Waals surface area (Å²) in [6, 6.07) is 0. The maximum Gasteiger partial charge on any atom is 0.134 e. The highest BCUT2D eigenvalue weighted by molar-refractivity contribution is 5.45. The van der Waals surface area contributed by atoms with Crippen LogP contribution in [-0.4, -0.2) is 16.5 Å². The summed E-state index contributed by atoms with van der Waals surface area (Å²) in [5, 5.41) is 3.44. The van der Waals surface area contributed by atoms with Crippen molar-refractivity contribution in [2.45, 2.75) is 65.7 Å². The van der Waals surface area contributed by atoms with Crippen LogP contribution in [0.1, 0.15) is 69.0 Å². The third-order valence-electron chi connectivity index (χ3n) is 4.43. The van der Waals surface area contributed by atoms with Crippen LogP contribution in [0.15, 0.2) is 0 Å². The van der Waals surface area contributed by atoms with Crippen molar-refractivity contribution >= 4 is 5.82 Å². The van der Waals surface area contributed by atoms with Gasteiger partial charge < -0.3 is 5.32 Å². The van der Waals surface area contributed by atoms with Crippen molar-refractivity contribution in [3.8, 4) is 0 Å². The fraction of sp³-hybridized carbons (Fsp3) is 0.750. The average Bonchev–Trinajstić information content (AvgIpc) is 2.89. The Morgan fingerprint density at radius 2 is 1.95 bits per heavy atom. The summed E-state index contributed by atoms with van der Waals surface area (Å²) in [6.07, 6.45) is 6.29. The van der Waals surface area contributed by atoms with Gasteiger partial charge in [-0.25, -0.2) is 9.97 Å². The highest BCUT2D eigenvalue weighted by atomic mass is 15.0. The van der Waals surface area contributed by atoms with Crippen LogP contribution in [0.25, 0.3) is 0 Å². The van der Waals surface area contributed by atoms with Crippen LogP contribution in [0, 0.1) is 19.8 Å². The molecule has 1 aliphatic carbocycles. The molecule has 2 rings (SSSR count). The van der Waals surface area contributed by atoms with E-state index in [0.29, 0.717) is 5.92 Å². The van der Waals surface area contributed by atoms with Gasteiger partial charge in [0, 0.05) is 23.7 Å². The summed E-state index contributed by atoms with van der Waals surface area (Å²) in [6.45, 7) is 9.67. The first kappa shape index (κ1) is 14.3. The summed E-state index contributed by atoms with van der Waals surface area (Å²) < 4.78 is 0. The number of aryl methyl sites for hydroxylation is 1. The Kier molecular flexibility index (Phi) is 4.78. The first-order chi connectivity index (χ1) is 9.15. The van der Waals surface area contributed by atoms with E-state index in [1.165, 1.54) is 31.2 Å². The van der Waals surface area contributed by atoms with Gasteiger partial charge in [-0.3, -0.25) is 0 Å². The lowest BCUT2D eigenvalue weighted by Gasteiger charge is -2.15. The van der Waals surface area contributed by atoms with E-state index in [1.807, 2.05) is 0 Å². The minimum absolute atomic E-state index is 0.575. The van der Waals surface area contributed by atoms with Gasteiger partial charge in [-0.1, -0.05) is 20.3 Å². The van der Waals surface area contributed by atoms with Crippen molar-refractivity contribution in [2.24, 2.45) is 5.92 Å². The van der Waals surface area contributed by atoms with Gasteiger partial charge in [-0.2, -0.15) is 0 Å². The second kappa shape index (κ2) is 6.36. The second-order valence-electron chi connectivity index (χ2n) is 5.85. The third-order valence-corrected chi connectivity index (χ3v) is 4.43. The highest BCUT2D eigenvalue weighted by Gasteiger charge is 2.27. The molecule has 1 aromatic rings. The van der Waals surface area contributed by atoms with Crippen LogP contribution in [-0.2, 0) is 0 Å². The number of rotatable bonds is 5. The van der Waals surface area contributed by atoms with Gasteiger partial charge in [0.1, 0.15) is 11.6 Å². The quantitative estimate of drug-likeness (QED) is 0.862. The number of hydrogen-bond donors (Lipinski definition) is 1. The van der Waals surface area contributed by atoms with Gasteiger partial charge in [-0.05, 0) is 45.4 Å². The molecule has 1 aromatic heterocycles. The molecule has 1 fully saturated rings. The van der Waals surface area contributed by atoms with E-state index < -0.39 is 0 Å². The minimum atomic E-state index is 0.575. The van der Waals surface area contributed by atoms with Crippen LogP contribution < -0.4 is 5.32 Å². The van der Waals surface area contributed by atoms with Gasteiger partial charge >= 0.3 is 0 Å². The van der Waals surface area contributed by atoms with Crippen LogP contribution in [0.3, 0.4) is 0 Å². The number of nitrogens with one attached hydrogen (secondary N) is 1. The lowest BCUT2D eigenvalue weighted by Crippen LogP contribution is -2.11. The molecular formula is C16H27N3. The predicted octanol–water partition coefficient (Wildman–Crippen LogP) is 4.21. The zero-order chi connectivity index (χ0) is 13.8. The Morgan fingerprint density at radius 1 is 1.16 bits per heavy atom. The molecule has 1 saturated carbocycles. The monoisotopic (exact) mass is 261 g/mol. The van der Waals surface area contributed by atoms with E-state index in [9.17, 15) is 0 Å². The largest absolute Gasteiger partial charge is 0.370 e. The molecule has 2 atom stereocenters. The molecule has 106 valence electrons. The Hall–Kier alpha value is -1.12. The van der Waals surface area contributed by atoms with Crippen molar-refractivity contribution < 1.29 is 0 Å². The molecule has 0 spiro atoms. The molecule has 1 N–H and O–H groups in total. The lowest BCUT2D eigenvalue weighted by atomic mass is 10.0. The van der Waals surface area contributed by atoms with Crippen molar-refractivity contribution in [1.82, 2.24) is 9.97 Å². The number of hydrogen-bond acceptors (Lipinski definition) is 3. The second-order valence-corrected chi connectivity index (χ2v) is 5.85. The maximum atomic E-state index is 4.80. The van der Waals surface area contributed by atoms with Crippen molar-refractivity contribution in [3.05, 3.63) is 17.1 Å². The molecular weight excluding hydrogens is 234 g/mol. The Morgan fingerprint density at radius 3 is 2.58 bits per heavy atom. The molecule has 0 aromatic carbocycles. The average molecular weight is 261 g/mol. The summed E-state index contributed by atoms with van der Waals surface area (Å²) in [5.41, 5.74) is 2.32. The maximum absolute atomic E-state index is 4.80. The van der Waals surface area contributed by atoms with Crippen molar-refractivity contribution in [1.29, 1.82) is 0 Å². The molecule has 1 aliphatic rings. The Bertz CT molecular complexity index is 428.